The first-order valence-corrected chi connectivity index (χ1v) is 11.1. The topological polar surface area (TPSA) is 81.4 Å². The van der Waals surface area contributed by atoms with Crippen molar-refractivity contribution in [3.63, 3.8) is 0 Å². The van der Waals surface area contributed by atoms with E-state index >= 15 is 0 Å². The Morgan fingerprint density at radius 3 is 2.56 bits per heavy atom. The Kier molecular flexibility index (Phi) is 6.37. The normalized spacial score (nSPS) is 20.9. The first kappa shape index (κ1) is 22.1. The lowest BCUT2D eigenvalue weighted by Gasteiger charge is -2.36. The Balaban J connectivity index is 1.71. The molecule has 0 bridgehead atoms. The summed E-state index contributed by atoms with van der Waals surface area (Å²) < 4.78 is 5.48. The van der Waals surface area contributed by atoms with Gasteiger partial charge in [0.05, 0.1) is 29.5 Å². The smallest absolute Gasteiger partial charge is 0.269 e. The van der Waals surface area contributed by atoms with Crippen molar-refractivity contribution in [3.05, 3.63) is 63.9 Å². The zero-order chi connectivity index (χ0) is 22.7. The zero-order valence-corrected chi connectivity index (χ0v) is 19.0. The van der Waals surface area contributed by atoms with E-state index in [1.807, 2.05) is 6.07 Å². The lowest BCUT2D eigenvalue weighted by Crippen LogP contribution is -2.37. The van der Waals surface area contributed by atoms with Gasteiger partial charge in [0.1, 0.15) is 0 Å². The van der Waals surface area contributed by atoms with Gasteiger partial charge in [0.15, 0.2) is 0 Å². The first-order chi connectivity index (χ1) is 15.3. The van der Waals surface area contributed by atoms with Crippen LogP contribution in [0, 0.1) is 21.4 Å². The van der Waals surface area contributed by atoms with Gasteiger partial charge in [0, 0.05) is 36.7 Å². The second kappa shape index (κ2) is 9.20. The molecule has 4 rings (SSSR count). The molecule has 1 unspecified atom stereocenters. The Labute approximate surface area is 189 Å². The van der Waals surface area contributed by atoms with E-state index in [4.69, 9.17) is 14.7 Å². The van der Waals surface area contributed by atoms with Gasteiger partial charge < -0.3 is 9.64 Å². The Bertz CT molecular complexity index is 1040. The summed E-state index contributed by atoms with van der Waals surface area (Å²) in [5, 5.41) is 11.0. The van der Waals surface area contributed by atoms with Crippen molar-refractivity contribution in [3.8, 4) is 11.3 Å². The van der Waals surface area contributed by atoms with Crippen molar-refractivity contribution in [1.82, 2.24) is 9.97 Å². The number of nitrogens with zero attached hydrogens (tertiary/aromatic N) is 4. The second-order valence-electron chi connectivity index (χ2n) is 9.19. The van der Waals surface area contributed by atoms with Gasteiger partial charge in [-0.2, -0.15) is 0 Å². The summed E-state index contributed by atoms with van der Waals surface area (Å²) in [5.41, 5.74) is 4.09. The van der Waals surface area contributed by atoms with Crippen molar-refractivity contribution in [2.75, 3.05) is 31.2 Å². The number of nitro benzene ring substituents is 1. The Morgan fingerprint density at radius 1 is 1.19 bits per heavy atom. The lowest BCUT2D eigenvalue weighted by molar-refractivity contribution is -0.384. The molecule has 1 aliphatic carbocycles. The van der Waals surface area contributed by atoms with Gasteiger partial charge in [-0.25, -0.2) is 9.97 Å². The van der Waals surface area contributed by atoms with Crippen LogP contribution in [0.15, 0.2) is 48.1 Å². The molecule has 0 amide bonds. The number of aromatic nitrogens is 2. The molecule has 0 saturated carbocycles. The van der Waals surface area contributed by atoms with Gasteiger partial charge in [-0.3, -0.25) is 10.1 Å². The molecule has 1 aromatic carbocycles. The molecule has 0 N–H and O–H groups in total. The largest absolute Gasteiger partial charge is 0.378 e. The van der Waals surface area contributed by atoms with Gasteiger partial charge in [-0.15, -0.1) is 0 Å². The molecule has 2 aromatic rings. The van der Waals surface area contributed by atoms with Crippen molar-refractivity contribution in [1.29, 1.82) is 0 Å². The van der Waals surface area contributed by atoms with Gasteiger partial charge in [0.2, 0.25) is 5.95 Å². The molecule has 7 heteroatoms. The highest BCUT2D eigenvalue weighted by molar-refractivity contribution is 5.65. The number of anilines is 1. The van der Waals surface area contributed by atoms with Crippen molar-refractivity contribution >= 4 is 17.7 Å². The monoisotopic (exact) mass is 434 g/mol. The minimum atomic E-state index is -0.390. The van der Waals surface area contributed by atoms with E-state index in [-0.39, 0.29) is 11.1 Å². The SMILES string of the molecule is CC1=CCCC(C)(C)C1/C=C/c1cc(-c2ccc([N+](=O)[O-])cc2)nc(N2CCOCC2)n1. The maximum absolute atomic E-state index is 11.0. The molecule has 0 radical (unpaired) electrons. The van der Waals surface area contributed by atoms with Crippen molar-refractivity contribution < 1.29 is 9.66 Å². The molecule has 168 valence electrons. The fourth-order valence-corrected chi connectivity index (χ4v) is 4.52. The summed E-state index contributed by atoms with van der Waals surface area (Å²) in [4.78, 5) is 22.4. The van der Waals surface area contributed by atoms with E-state index in [0.29, 0.717) is 25.1 Å². The predicted molar refractivity (Wildman–Crippen MR) is 126 cm³/mol. The number of nitro groups is 1. The average molecular weight is 435 g/mol. The van der Waals surface area contributed by atoms with Gasteiger partial charge in [-0.05, 0) is 49.5 Å². The fourth-order valence-electron chi connectivity index (χ4n) is 4.52. The maximum Gasteiger partial charge on any atom is 0.269 e. The molecular formula is C25H30N4O3. The second-order valence-corrected chi connectivity index (χ2v) is 9.19. The van der Waals surface area contributed by atoms with Crippen LogP contribution in [-0.2, 0) is 4.74 Å². The van der Waals surface area contributed by atoms with Crippen LogP contribution in [-0.4, -0.2) is 41.2 Å². The molecule has 1 fully saturated rings. The van der Waals surface area contributed by atoms with Crippen LogP contribution in [0.1, 0.15) is 39.3 Å². The quantitative estimate of drug-likeness (QED) is 0.362. The highest BCUT2D eigenvalue weighted by Crippen LogP contribution is 2.41. The lowest BCUT2D eigenvalue weighted by atomic mass is 9.68. The maximum atomic E-state index is 11.0. The van der Waals surface area contributed by atoms with Crippen LogP contribution in [0.2, 0.25) is 0 Å². The third-order valence-electron chi connectivity index (χ3n) is 6.45. The first-order valence-electron chi connectivity index (χ1n) is 11.1. The number of hydrogen-bond donors (Lipinski definition) is 0. The molecule has 7 nitrogen and oxygen atoms in total. The predicted octanol–water partition coefficient (Wildman–Crippen LogP) is 5.28. The number of benzene rings is 1. The summed E-state index contributed by atoms with van der Waals surface area (Å²) in [6.45, 7) is 9.62. The fraction of sp³-hybridized carbons (Fsp3) is 0.440. The van der Waals surface area contributed by atoms with Crippen LogP contribution in [0.25, 0.3) is 17.3 Å². The summed E-state index contributed by atoms with van der Waals surface area (Å²) >= 11 is 0. The minimum absolute atomic E-state index is 0.0677. The highest BCUT2D eigenvalue weighted by Gasteiger charge is 2.30. The molecule has 2 heterocycles. The van der Waals surface area contributed by atoms with E-state index < -0.39 is 4.92 Å². The van der Waals surface area contributed by atoms with E-state index in [1.165, 1.54) is 17.7 Å². The molecule has 32 heavy (non-hydrogen) atoms. The number of hydrogen-bond acceptors (Lipinski definition) is 6. The Morgan fingerprint density at radius 2 is 1.91 bits per heavy atom. The summed E-state index contributed by atoms with van der Waals surface area (Å²) in [7, 11) is 0. The minimum Gasteiger partial charge on any atom is -0.378 e. The molecular weight excluding hydrogens is 404 g/mol. The summed E-state index contributed by atoms with van der Waals surface area (Å²) in [5.74, 6) is 1.03. The molecule has 1 saturated heterocycles. The van der Waals surface area contributed by atoms with E-state index in [0.717, 1.165) is 42.9 Å². The van der Waals surface area contributed by atoms with Crippen LogP contribution in [0.4, 0.5) is 11.6 Å². The van der Waals surface area contributed by atoms with Gasteiger partial charge >= 0.3 is 0 Å². The average Bonchev–Trinajstić information content (AvgIpc) is 2.79. The van der Waals surface area contributed by atoms with Crippen LogP contribution in [0.5, 0.6) is 0 Å². The van der Waals surface area contributed by atoms with E-state index in [9.17, 15) is 10.1 Å². The van der Waals surface area contributed by atoms with Crippen LogP contribution >= 0.6 is 0 Å². The number of non-ortho nitro benzene ring substituents is 1. The van der Waals surface area contributed by atoms with Gasteiger partial charge in [0.25, 0.3) is 5.69 Å². The van der Waals surface area contributed by atoms with Crippen molar-refractivity contribution in [2.45, 2.75) is 33.6 Å². The number of morpholine rings is 1. The Hall–Kier alpha value is -3.06. The number of allylic oxidation sites excluding steroid dienone is 3. The molecule has 1 aliphatic heterocycles. The standard InChI is InChI=1S/C25H30N4O3/c1-18-5-4-12-25(2,3)22(18)11-8-20-17-23(19-6-9-21(10-7-19)29(30)31)27-24(26-20)28-13-15-32-16-14-28/h5-11,17,22H,4,12-16H2,1-3H3/b11-8+. The van der Waals surface area contributed by atoms with Gasteiger partial charge in [-0.1, -0.05) is 31.6 Å². The third kappa shape index (κ3) is 4.88. The summed E-state index contributed by atoms with van der Waals surface area (Å²) in [6.07, 6.45) is 8.98. The van der Waals surface area contributed by atoms with E-state index in [1.54, 1.807) is 12.1 Å². The summed E-state index contributed by atoms with van der Waals surface area (Å²) in [6, 6.07) is 8.47. The van der Waals surface area contributed by atoms with E-state index in [2.05, 4.69) is 43.9 Å². The molecule has 1 aromatic heterocycles. The number of ether oxygens (including phenoxy) is 1. The van der Waals surface area contributed by atoms with Crippen LogP contribution < -0.4 is 4.90 Å². The number of rotatable bonds is 5. The van der Waals surface area contributed by atoms with Crippen molar-refractivity contribution in [2.24, 2.45) is 11.3 Å². The zero-order valence-electron chi connectivity index (χ0n) is 19.0. The molecule has 1 atom stereocenters. The third-order valence-corrected chi connectivity index (χ3v) is 6.45. The van der Waals surface area contributed by atoms with Crippen LogP contribution in [0.3, 0.4) is 0 Å². The molecule has 0 spiro atoms. The molecule has 2 aliphatic rings. The highest BCUT2D eigenvalue weighted by atomic mass is 16.6.